The second kappa shape index (κ2) is 6.29. The summed E-state index contributed by atoms with van der Waals surface area (Å²) in [5.74, 6) is 2.09. The van der Waals surface area contributed by atoms with Crippen molar-refractivity contribution in [1.82, 2.24) is 14.5 Å². The molecule has 4 heterocycles. The van der Waals surface area contributed by atoms with Crippen molar-refractivity contribution in [2.75, 3.05) is 19.8 Å². The highest BCUT2D eigenvalue weighted by molar-refractivity contribution is 5.83. The van der Waals surface area contributed by atoms with Crippen molar-refractivity contribution in [3.63, 3.8) is 0 Å². The number of oxazole rings is 1. The van der Waals surface area contributed by atoms with Gasteiger partial charge in [0.25, 0.3) is 0 Å². The van der Waals surface area contributed by atoms with E-state index in [1.807, 2.05) is 39.9 Å². The maximum Gasteiger partial charge on any atom is 0.242 e. The Morgan fingerprint density at radius 1 is 1.27 bits per heavy atom. The number of hydrogen-bond donors (Lipinski definition) is 0. The van der Waals surface area contributed by atoms with Crippen LogP contribution in [0.5, 0.6) is 0 Å². The number of carbonyl (C=O) groups excluding carboxylic acids is 1. The molecule has 0 bridgehead atoms. The van der Waals surface area contributed by atoms with E-state index in [4.69, 9.17) is 9.15 Å². The minimum Gasteiger partial charge on any atom is -0.445 e. The van der Waals surface area contributed by atoms with Crippen LogP contribution in [0.1, 0.15) is 29.7 Å². The van der Waals surface area contributed by atoms with Gasteiger partial charge in [-0.2, -0.15) is 0 Å². The topological polar surface area (TPSA) is 60.5 Å². The molecule has 5 rings (SSSR count). The number of rotatable bonds is 3. The second-order valence-electron chi connectivity index (χ2n) is 7.05. The monoisotopic (exact) mass is 351 g/mol. The van der Waals surface area contributed by atoms with Crippen molar-refractivity contribution in [2.24, 2.45) is 0 Å². The molecule has 0 spiro atoms. The summed E-state index contributed by atoms with van der Waals surface area (Å²) in [5.41, 5.74) is 1.99. The maximum atomic E-state index is 12.8. The third-order valence-electron chi connectivity index (χ3n) is 5.36. The summed E-state index contributed by atoms with van der Waals surface area (Å²) >= 11 is 0. The first-order valence-corrected chi connectivity index (χ1v) is 9.16. The van der Waals surface area contributed by atoms with Gasteiger partial charge in [-0.1, -0.05) is 18.2 Å². The molecule has 1 aromatic carbocycles. The molecule has 0 radical (unpaired) electrons. The van der Waals surface area contributed by atoms with Crippen LogP contribution in [-0.2, 0) is 29.0 Å². The van der Waals surface area contributed by atoms with E-state index in [2.05, 4.69) is 11.1 Å². The van der Waals surface area contributed by atoms with Crippen LogP contribution in [0.25, 0.3) is 10.9 Å². The van der Waals surface area contributed by atoms with Gasteiger partial charge in [0.15, 0.2) is 5.89 Å². The fourth-order valence-electron chi connectivity index (χ4n) is 3.86. The first-order chi connectivity index (χ1) is 12.8. The van der Waals surface area contributed by atoms with Gasteiger partial charge in [0.1, 0.15) is 18.0 Å². The molecule has 1 unspecified atom stereocenters. The van der Waals surface area contributed by atoms with E-state index >= 15 is 0 Å². The van der Waals surface area contributed by atoms with Crippen molar-refractivity contribution in [3.8, 4) is 0 Å². The maximum absolute atomic E-state index is 12.8. The third kappa shape index (κ3) is 2.70. The van der Waals surface area contributed by atoms with Gasteiger partial charge in [0.05, 0.1) is 19.1 Å². The first-order valence-electron chi connectivity index (χ1n) is 9.16. The minimum absolute atomic E-state index is 0.116. The Hall–Kier alpha value is -2.60. The van der Waals surface area contributed by atoms with E-state index < -0.39 is 0 Å². The van der Waals surface area contributed by atoms with Crippen LogP contribution in [0.2, 0.25) is 0 Å². The lowest BCUT2D eigenvalue weighted by Gasteiger charge is -2.25. The van der Waals surface area contributed by atoms with Crippen molar-refractivity contribution >= 4 is 16.8 Å². The quantitative estimate of drug-likeness (QED) is 0.728. The zero-order valence-corrected chi connectivity index (χ0v) is 14.6. The molecule has 0 aliphatic carbocycles. The molecule has 6 heteroatoms. The van der Waals surface area contributed by atoms with Crippen molar-refractivity contribution in [2.45, 2.75) is 31.8 Å². The minimum atomic E-state index is 0.116. The molecule has 134 valence electrons. The van der Waals surface area contributed by atoms with Crippen LogP contribution < -0.4 is 0 Å². The Morgan fingerprint density at radius 3 is 3.08 bits per heavy atom. The Morgan fingerprint density at radius 2 is 2.19 bits per heavy atom. The standard InChI is InChI=1S/C20H21N3O3/c24-19(12-22-8-5-14-3-1-2-4-17(14)22)23-9-6-18-16(11-23)21-20(26-18)15-7-10-25-13-15/h1-5,8,15H,6-7,9-13H2. The number of fused-ring (bicyclic) bond motifs is 2. The number of ether oxygens (including phenoxy) is 1. The number of para-hydroxylation sites is 1. The van der Waals surface area contributed by atoms with Crippen LogP contribution in [0.4, 0.5) is 0 Å². The average Bonchev–Trinajstić information content (AvgIpc) is 3.40. The molecule has 26 heavy (non-hydrogen) atoms. The average molecular weight is 351 g/mol. The number of aromatic nitrogens is 2. The Bertz CT molecular complexity index is 952. The lowest BCUT2D eigenvalue weighted by molar-refractivity contribution is -0.132. The summed E-state index contributed by atoms with van der Waals surface area (Å²) in [6.07, 6.45) is 3.67. The molecule has 0 saturated carbocycles. The molecular weight excluding hydrogens is 330 g/mol. The third-order valence-corrected chi connectivity index (χ3v) is 5.36. The lowest BCUT2D eigenvalue weighted by atomic mass is 10.1. The van der Waals surface area contributed by atoms with Crippen LogP contribution in [-0.4, -0.2) is 40.1 Å². The van der Waals surface area contributed by atoms with Gasteiger partial charge in [0, 0.05) is 31.3 Å². The highest BCUT2D eigenvalue weighted by Gasteiger charge is 2.29. The molecule has 6 nitrogen and oxygen atoms in total. The number of nitrogens with zero attached hydrogens (tertiary/aromatic N) is 3. The molecule has 1 amide bonds. The number of hydrogen-bond acceptors (Lipinski definition) is 4. The summed E-state index contributed by atoms with van der Waals surface area (Å²) in [7, 11) is 0. The highest BCUT2D eigenvalue weighted by Crippen LogP contribution is 2.29. The van der Waals surface area contributed by atoms with Crippen LogP contribution >= 0.6 is 0 Å². The van der Waals surface area contributed by atoms with Gasteiger partial charge in [-0.25, -0.2) is 4.98 Å². The van der Waals surface area contributed by atoms with Crippen molar-refractivity contribution < 1.29 is 13.9 Å². The van der Waals surface area contributed by atoms with Gasteiger partial charge < -0.3 is 18.6 Å². The fourth-order valence-corrected chi connectivity index (χ4v) is 3.86. The van der Waals surface area contributed by atoms with Gasteiger partial charge >= 0.3 is 0 Å². The van der Waals surface area contributed by atoms with E-state index in [1.165, 1.54) is 0 Å². The Labute approximate surface area is 151 Å². The van der Waals surface area contributed by atoms with E-state index in [0.29, 0.717) is 26.2 Å². The van der Waals surface area contributed by atoms with E-state index in [-0.39, 0.29) is 11.8 Å². The molecule has 1 saturated heterocycles. The largest absolute Gasteiger partial charge is 0.445 e. The number of amides is 1. The predicted molar refractivity (Wildman–Crippen MR) is 95.7 cm³/mol. The van der Waals surface area contributed by atoms with E-state index in [0.717, 1.165) is 47.7 Å². The molecule has 2 aliphatic heterocycles. The lowest BCUT2D eigenvalue weighted by Crippen LogP contribution is -2.37. The SMILES string of the molecule is O=C(Cn1ccc2ccccc21)N1CCc2oc(C3CCOC3)nc2C1. The van der Waals surface area contributed by atoms with Gasteiger partial charge in [0.2, 0.25) is 5.91 Å². The van der Waals surface area contributed by atoms with Crippen LogP contribution in [0.15, 0.2) is 40.9 Å². The zero-order valence-electron chi connectivity index (χ0n) is 14.6. The fraction of sp³-hybridized carbons (Fsp3) is 0.400. The van der Waals surface area contributed by atoms with Gasteiger partial charge in [-0.3, -0.25) is 4.79 Å². The zero-order chi connectivity index (χ0) is 17.5. The molecule has 3 aromatic rings. The summed E-state index contributed by atoms with van der Waals surface area (Å²) < 4.78 is 13.4. The van der Waals surface area contributed by atoms with Gasteiger partial charge in [-0.05, 0) is 23.9 Å². The first kappa shape index (κ1) is 15.6. The Kier molecular flexibility index (Phi) is 3.78. The Balaban J connectivity index is 1.31. The smallest absolute Gasteiger partial charge is 0.242 e. The van der Waals surface area contributed by atoms with Crippen LogP contribution in [0.3, 0.4) is 0 Å². The summed E-state index contributed by atoms with van der Waals surface area (Å²) in [6.45, 7) is 3.02. The van der Waals surface area contributed by atoms with Crippen LogP contribution in [0, 0.1) is 0 Å². The normalized spacial score (nSPS) is 19.8. The molecule has 2 aliphatic rings. The highest BCUT2D eigenvalue weighted by atomic mass is 16.5. The molecular formula is C20H21N3O3. The summed E-state index contributed by atoms with van der Waals surface area (Å²) in [6, 6.07) is 10.2. The molecule has 1 atom stereocenters. The summed E-state index contributed by atoms with van der Waals surface area (Å²) in [5, 5.41) is 1.15. The van der Waals surface area contributed by atoms with Gasteiger partial charge in [-0.15, -0.1) is 0 Å². The number of carbonyl (C=O) groups is 1. The van der Waals surface area contributed by atoms with Crippen molar-refractivity contribution in [3.05, 3.63) is 53.9 Å². The van der Waals surface area contributed by atoms with Crippen molar-refractivity contribution in [1.29, 1.82) is 0 Å². The molecule has 1 fully saturated rings. The predicted octanol–water partition coefficient (Wildman–Crippen LogP) is 2.72. The number of benzene rings is 1. The molecule has 2 aromatic heterocycles. The summed E-state index contributed by atoms with van der Waals surface area (Å²) in [4.78, 5) is 19.4. The second-order valence-corrected chi connectivity index (χ2v) is 7.05. The van der Waals surface area contributed by atoms with E-state index in [1.54, 1.807) is 0 Å². The van der Waals surface area contributed by atoms with E-state index in [9.17, 15) is 4.79 Å². The molecule has 0 N–H and O–H groups in total.